The van der Waals surface area contributed by atoms with Crippen molar-refractivity contribution in [3.63, 3.8) is 0 Å². The van der Waals surface area contributed by atoms with E-state index in [0.717, 1.165) is 6.61 Å². The van der Waals surface area contributed by atoms with Crippen LogP contribution in [0.1, 0.15) is 38.5 Å². The maximum Gasteiger partial charge on any atom is 0.0702 e. The molecule has 0 aromatic rings. The number of hydrogen-bond acceptors (Lipinski definition) is 2. The van der Waals surface area contributed by atoms with Crippen molar-refractivity contribution in [1.29, 1.82) is 0 Å². The van der Waals surface area contributed by atoms with Crippen LogP contribution in [0.15, 0.2) is 0 Å². The molecule has 0 aromatic carbocycles. The maximum absolute atomic E-state index is 5.65. The van der Waals surface area contributed by atoms with Crippen LogP contribution in [0.3, 0.4) is 0 Å². The van der Waals surface area contributed by atoms with Crippen LogP contribution in [0.5, 0.6) is 0 Å². The van der Waals surface area contributed by atoms with Crippen molar-refractivity contribution < 1.29 is 4.74 Å². The molecule has 0 saturated carbocycles. The summed E-state index contributed by atoms with van der Waals surface area (Å²) >= 11 is 0. The van der Waals surface area contributed by atoms with Crippen molar-refractivity contribution in [3.8, 4) is 0 Å². The molecule has 0 aromatic heterocycles. The molecule has 2 heteroatoms. The summed E-state index contributed by atoms with van der Waals surface area (Å²) in [5.41, 5.74) is 0. The second-order valence-electron chi connectivity index (χ2n) is 4.35. The van der Waals surface area contributed by atoms with Gasteiger partial charge in [-0.3, -0.25) is 0 Å². The Balaban J connectivity index is 1.71. The summed E-state index contributed by atoms with van der Waals surface area (Å²) in [4.78, 5) is 2.60. The Bertz CT molecular complexity index is 135. The molecule has 0 radical (unpaired) electrons. The van der Waals surface area contributed by atoms with Gasteiger partial charge in [-0.25, -0.2) is 0 Å². The Morgan fingerprint density at radius 1 is 1.00 bits per heavy atom. The Labute approximate surface area is 81.3 Å². The summed E-state index contributed by atoms with van der Waals surface area (Å²) in [6, 6.07) is 0. The lowest BCUT2D eigenvalue weighted by atomic mass is 10.2. The van der Waals surface area contributed by atoms with Crippen LogP contribution in [-0.4, -0.2) is 37.2 Å². The Morgan fingerprint density at radius 2 is 1.77 bits per heavy atom. The van der Waals surface area contributed by atoms with Crippen LogP contribution in [0.2, 0.25) is 0 Å². The monoisotopic (exact) mass is 183 g/mol. The summed E-state index contributed by atoms with van der Waals surface area (Å²) in [5, 5.41) is 0. The van der Waals surface area contributed by atoms with Gasteiger partial charge in [0.1, 0.15) is 0 Å². The molecule has 2 nitrogen and oxygen atoms in total. The van der Waals surface area contributed by atoms with Crippen molar-refractivity contribution >= 4 is 0 Å². The minimum Gasteiger partial charge on any atom is -0.377 e. The van der Waals surface area contributed by atoms with Gasteiger partial charge in [0.15, 0.2) is 0 Å². The lowest BCUT2D eigenvalue weighted by molar-refractivity contribution is 0.0743. The minimum absolute atomic E-state index is 0.554. The molecule has 2 rings (SSSR count). The van der Waals surface area contributed by atoms with Gasteiger partial charge in [0.2, 0.25) is 0 Å². The molecule has 2 heterocycles. The SMILES string of the molecule is C1CCCN(CC2CCCO2)CC1. The highest BCUT2D eigenvalue weighted by Crippen LogP contribution is 2.16. The van der Waals surface area contributed by atoms with Crippen LogP contribution in [0.25, 0.3) is 0 Å². The molecule has 2 fully saturated rings. The zero-order chi connectivity index (χ0) is 8.93. The summed E-state index contributed by atoms with van der Waals surface area (Å²) in [7, 11) is 0. The lowest BCUT2D eigenvalue weighted by Gasteiger charge is -2.22. The van der Waals surface area contributed by atoms with E-state index in [9.17, 15) is 0 Å². The van der Waals surface area contributed by atoms with Crippen LogP contribution in [0, 0.1) is 0 Å². The first kappa shape index (κ1) is 9.47. The highest BCUT2D eigenvalue weighted by Gasteiger charge is 2.19. The van der Waals surface area contributed by atoms with E-state index in [0.29, 0.717) is 6.10 Å². The van der Waals surface area contributed by atoms with Gasteiger partial charge in [0, 0.05) is 13.2 Å². The summed E-state index contributed by atoms with van der Waals surface area (Å²) < 4.78 is 5.65. The third-order valence-corrected chi connectivity index (χ3v) is 3.18. The predicted molar refractivity (Wildman–Crippen MR) is 53.9 cm³/mol. The summed E-state index contributed by atoms with van der Waals surface area (Å²) in [5.74, 6) is 0. The Kier molecular flexibility index (Phi) is 3.62. The van der Waals surface area contributed by atoms with E-state index >= 15 is 0 Å². The van der Waals surface area contributed by atoms with Gasteiger partial charge in [0.25, 0.3) is 0 Å². The van der Waals surface area contributed by atoms with E-state index in [4.69, 9.17) is 4.74 Å². The first-order chi connectivity index (χ1) is 6.45. The molecule has 76 valence electrons. The van der Waals surface area contributed by atoms with Crippen LogP contribution < -0.4 is 0 Å². The fourth-order valence-electron chi connectivity index (χ4n) is 2.40. The quantitative estimate of drug-likeness (QED) is 0.649. The van der Waals surface area contributed by atoms with Crippen molar-refractivity contribution in [3.05, 3.63) is 0 Å². The summed E-state index contributed by atoms with van der Waals surface area (Å²) in [6.45, 7) is 4.80. The molecule has 0 bridgehead atoms. The largest absolute Gasteiger partial charge is 0.377 e. The van der Waals surface area contributed by atoms with Gasteiger partial charge in [-0.15, -0.1) is 0 Å². The molecule has 0 amide bonds. The molecule has 0 aliphatic carbocycles. The maximum atomic E-state index is 5.65. The van der Waals surface area contributed by atoms with Gasteiger partial charge >= 0.3 is 0 Å². The van der Waals surface area contributed by atoms with Gasteiger partial charge in [-0.1, -0.05) is 12.8 Å². The second kappa shape index (κ2) is 4.97. The molecule has 1 unspecified atom stereocenters. The lowest BCUT2D eigenvalue weighted by Crippen LogP contribution is -2.32. The van der Waals surface area contributed by atoms with E-state index in [1.54, 1.807) is 0 Å². The fraction of sp³-hybridized carbons (Fsp3) is 1.00. The van der Waals surface area contributed by atoms with Crippen LogP contribution in [0.4, 0.5) is 0 Å². The molecule has 0 spiro atoms. The molecule has 1 atom stereocenters. The third kappa shape index (κ3) is 2.96. The Hall–Kier alpha value is -0.0800. The van der Waals surface area contributed by atoms with E-state index < -0.39 is 0 Å². The molecule has 2 aliphatic heterocycles. The van der Waals surface area contributed by atoms with Gasteiger partial charge in [0.05, 0.1) is 6.10 Å². The fourth-order valence-corrected chi connectivity index (χ4v) is 2.40. The molecule has 13 heavy (non-hydrogen) atoms. The van der Waals surface area contributed by atoms with E-state index in [1.807, 2.05) is 0 Å². The zero-order valence-corrected chi connectivity index (χ0v) is 8.50. The first-order valence-electron chi connectivity index (χ1n) is 5.79. The Morgan fingerprint density at radius 3 is 2.38 bits per heavy atom. The van der Waals surface area contributed by atoms with E-state index in [1.165, 1.54) is 58.2 Å². The molecular weight excluding hydrogens is 162 g/mol. The standard InChI is InChI=1S/C11H21NO/c1-2-4-8-12(7-3-1)10-11-6-5-9-13-11/h11H,1-10H2. The second-order valence-corrected chi connectivity index (χ2v) is 4.35. The number of likely N-dealkylation sites (tertiary alicyclic amines) is 1. The molecule has 2 saturated heterocycles. The third-order valence-electron chi connectivity index (χ3n) is 3.18. The van der Waals surface area contributed by atoms with Crippen molar-refractivity contribution in [2.45, 2.75) is 44.6 Å². The predicted octanol–water partition coefficient (Wildman–Crippen LogP) is 2.04. The first-order valence-corrected chi connectivity index (χ1v) is 5.79. The number of rotatable bonds is 2. The molecule has 0 N–H and O–H groups in total. The van der Waals surface area contributed by atoms with Crippen molar-refractivity contribution in [1.82, 2.24) is 4.90 Å². The number of nitrogens with zero attached hydrogens (tertiary/aromatic N) is 1. The average molecular weight is 183 g/mol. The van der Waals surface area contributed by atoms with Crippen LogP contribution in [-0.2, 0) is 4.74 Å². The van der Waals surface area contributed by atoms with E-state index in [2.05, 4.69) is 4.90 Å². The van der Waals surface area contributed by atoms with Gasteiger partial charge < -0.3 is 9.64 Å². The number of hydrogen-bond donors (Lipinski definition) is 0. The zero-order valence-electron chi connectivity index (χ0n) is 8.50. The van der Waals surface area contributed by atoms with Crippen LogP contribution >= 0.6 is 0 Å². The van der Waals surface area contributed by atoms with Crippen molar-refractivity contribution in [2.24, 2.45) is 0 Å². The summed E-state index contributed by atoms with van der Waals surface area (Å²) in [6.07, 6.45) is 8.77. The van der Waals surface area contributed by atoms with E-state index in [-0.39, 0.29) is 0 Å². The average Bonchev–Trinajstić information content (AvgIpc) is 2.49. The topological polar surface area (TPSA) is 12.5 Å². The van der Waals surface area contributed by atoms with Crippen molar-refractivity contribution in [2.75, 3.05) is 26.2 Å². The highest BCUT2D eigenvalue weighted by atomic mass is 16.5. The highest BCUT2D eigenvalue weighted by molar-refractivity contribution is 4.72. The van der Waals surface area contributed by atoms with Gasteiger partial charge in [-0.2, -0.15) is 0 Å². The van der Waals surface area contributed by atoms with Gasteiger partial charge in [-0.05, 0) is 38.8 Å². The smallest absolute Gasteiger partial charge is 0.0702 e. The molecular formula is C11H21NO. The number of ether oxygens (including phenoxy) is 1. The normalized spacial score (nSPS) is 31.8. The molecule has 2 aliphatic rings. The minimum atomic E-state index is 0.554.